The molecular weight excluding hydrogens is 260 g/mol. The van der Waals surface area contributed by atoms with Gasteiger partial charge >= 0.3 is 0 Å². The average Bonchev–Trinajstić information content (AvgIpc) is 2.39. The molecule has 0 spiro atoms. The molecule has 0 aliphatic carbocycles. The summed E-state index contributed by atoms with van der Waals surface area (Å²) in [5.41, 5.74) is 2.33. The molecule has 0 aromatic heterocycles. The van der Waals surface area contributed by atoms with E-state index < -0.39 is 0 Å². The van der Waals surface area contributed by atoms with Gasteiger partial charge in [-0.05, 0) is 36.4 Å². The smallest absolute Gasteiger partial charge is 0.255 e. The minimum Gasteiger partial charge on any atom is -0.376 e. The fourth-order valence-electron chi connectivity index (χ4n) is 1.77. The second-order valence-electron chi connectivity index (χ2n) is 4.37. The molecule has 4 heteroatoms. The molecule has 0 saturated carbocycles. The van der Waals surface area contributed by atoms with Crippen LogP contribution in [-0.4, -0.2) is 20.0 Å². The molecule has 2 aromatic carbocycles. The first-order valence-corrected chi connectivity index (χ1v) is 6.29. The third-order valence-electron chi connectivity index (χ3n) is 2.74. The fourth-order valence-corrected chi connectivity index (χ4v) is 1.89. The molecule has 98 valence electrons. The van der Waals surface area contributed by atoms with Crippen LogP contribution in [0.3, 0.4) is 0 Å². The summed E-state index contributed by atoms with van der Waals surface area (Å²) >= 11 is 5.80. The summed E-state index contributed by atoms with van der Waals surface area (Å²) in [6.45, 7) is 0. The maximum Gasteiger partial charge on any atom is 0.255 e. The van der Waals surface area contributed by atoms with Gasteiger partial charge in [0.2, 0.25) is 0 Å². The maximum absolute atomic E-state index is 12.1. The number of halogens is 1. The second kappa shape index (κ2) is 5.76. The van der Waals surface area contributed by atoms with E-state index in [9.17, 15) is 4.79 Å². The summed E-state index contributed by atoms with van der Waals surface area (Å²) in [5.74, 6) is -0.147. The molecule has 2 rings (SSSR count). The Labute approximate surface area is 117 Å². The Morgan fingerprint density at radius 3 is 2.32 bits per heavy atom. The van der Waals surface area contributed by atoms with E-state index in [1.165, 1.54) is 0 Å². The maximum atomic E-state index is 12.1. The first-order chi connectivity index (χ1) is 9.08. The topological polar surface area (TPSA) is 32.3 Å². The van der Waals surface area contributed by atoms with Gasteiger partial charge in [0.25, 0.3) is 5.91 Å². The number of benzene rings is 2. The highest BCUT2D eigenvalue weighted by Gasteiger charge is 2.09. The summed E-state index contributed by atoms with van der Waals surface area (Å²) in [7, 11) is 3.88. The predicted molar refractivity (Wildman–Crippen MR) is 80.2 cm³/mol. The minimum atomic E-state index is -0.147. The van der Waals surface area contributed by atoms with Crippen molar-refractivity contribution in [3.63, 3.8) is 0 Å². The summed E-state index contributed by atoms with van der Waals surface area (Å²) < 4.78 is 0. The summed E-state index contributed by atoms with van der Waals surface area (Å²) in [6, 6.07) is 14.5. The van der Waals surface area contributed by atoms with Crippen LogP contribution in [0.15, 0.2) is 48.5 Å². The van der Waals surface area contributed by atoms with Crippen molar-refractivity contribution in [2.75, 3.05) is 24.3 Å². The van der Waals surface area contributed by atoms with E-state index in [2.05, 4.69) is 5.32 Å². The van der Waals surface area contributed by atoms with Crippen LogP contribution in [0, 0.1) is 0 Å². The van der Waals surface area contributed by atoms with Gasteiger partial charge in [-0.1, -0.05) is 23.7 Å². The highest BCUT2D eigenvalue weighted by atomic mass is 35.5. The van der Waals surface area contributed by atoms with Gasteiger partial charge in [-0.2, -0.15) is 0 Å². The van der Waals surface area contributed by atoms with E-state index in [0.717, 1.165) is 11.4 Å². The molecule has 0 radical (unpaired) electrons. The number of carbonyl (C=O) groups excluding carboxylic acids is 1. The standard InChI is InChI=1S/C15H15ClN2O/c1-18(2)14-6-4-3-5-13(14)17-15(19)11-7-9-12(16)10-8-11/h3-10H,1-2H3,(H,17,19). The van der Waals surface area contributed by atoms with Crippen LogP contribution in [0.5, 0.6) is 0 Å². The number of hydrogen-bond donors (Lipinski definition) is 1. The van der Waals surface area contributed by atoms with Crippen molar-refractivity contribution in [1.29, 1.82) is 0 Å². The van der Waals surface area contributed by atoms with Gasteiger partial charge in [0.05, 0.1) is 11.4 Å². The lowest BCUT2D eigenvalue weighted by Crippen LogP contribution is -2.16. The van der Waals surface area contributed by atoms with Gasteiger partial charge in [-0.3, -0.25) is 4.79 Å². The Morgan fingerprint density at radius 1 is 1.05 bits per heavy atom. The molecule has 0 fully saturated rings. The van der Waals surface area contributed by atoms with Crippen LogP contribution >= 0.6 is 11.6 Å². The van der Waals surface area contributed by atoms with Crippen LogP contribution < -0.4 is 10.2 Å². The lowest BCUT2D eigenvalue weighted by Gasteiger charge is -2.17. The van der Waals surface area contributed by atoms with Gasteiger partial charge in [0.1, 0.15) is 0 Å². The molecular formula is C15H15ClN2O. The van der Waals surface area contributed by atoms with Crippen molar-refractivity contribution >= 4 is 28.9 Å². The van der Waals surface area contributed by atoms with E-state index in [1.807, 2.05) is 43.3 Å². The molecule has 0 unspecified atom stereocenters. The predicted octanol–water partition coefficient (Wildman–Crippen LogP) is 3.66. The Balaban J connectivity index is 2.22. The molecule has 0 heterocycles. The van der Waals surface area contributed by atoms with E-state index in [1.54, 1.807) is 24.3 Å². The van der Waals surface area contributed by atoms with E-state index >= 15 is 0 Å². The Hall–Kier alpha value is -2.00. The molecule has 0 aliphatic rings. The molecule has 0 bridgehead atoms. The quantitative estimate of drug-likeness (QED) is 0.926. The number of nitrogens with zero attached hydrogens (tertiary/aromatic N) is 1. The number of nitrogens with one attached hydrogen (secondary N) is 1. The first kappa shape index (κ1) is 13.4. The van der Waals surface area contributed by atoms with Crippen molar-refractivity contribution in [3.8, 4) is 0 Å². The van der Waals surface area contributed by atoms with Gasteiger partial charge in [0, 0.05) is 24.7 Å². The lowest BCUT2D eigenvalue weighted by atomic mass is 10.2. The van der Waals surface area contributed by atoms with Crippen LogP contribution in [0.4, 0.5) is 11.4 Å². The number of amides is 1. The Kier molecular flexibility index (Phi) is 4.07. The molecule has 19 heavy (non-hydrogen) atoms. The monoisotopic (exact) mass is 274 g/mol. The number of rotatable bonds is 3. The molecule has 0 aliphatic heterocycles. The van der Waals surface area contributed by atoms with Crippen molar-refractivity contribution in [2.45, 2.75) is 0 Å². The van der Waals surface area contributed by atoms with Gasteiger partial charge in [-0.15, -0.1) is 0 Å². The SMILES string of the molecule is CN(C)c1ccccc1NC(=O)c1ccc(Cl)cc1. The van der Waals surface area contributed by atoms with Crippen molar-refractivity contribution in [1.82, 2.24) is 0 Å². The van der Waals surface area contributed by atoms with Gasteiger partial charge in [-0.25, -0.2) is 0 Å². The third-order valence-corrected chi connectivity index (χ3v) is 2.99. The number of para-hydroxylation sites is 2. The van der Waals surface area contributed by atoms with Gasteiger partial charge < -0.3 is 10.2 Å². The number of anilines is 2. The molecule has 1 N–H and O–H groups in total. The molecule has 3 nitrogen and oxygen atoms in total. The lowest BCUT2D eigenvalue weighted by molar-refractivity contribution is 0.102. The van der Waals surface area contributed by atoms with Crippen molar-refractivity contribution < 1.29 is 4.79 Å². The van der Waals surface area contributed by atoms with Crippen LogP contribution in [-0.2, 0) is 0 Å². The highest BCUT2D eigenvalue weighted by molar-refractivity contribution is 6.30. The Morgan fingerprint density at radius 2 is 1.68 bits per heavy atom. The van der Waals surface area contributed by atoms with E-state index in [-0.39, 0.29) is 5.91 Å². The summed E-state index contributed by atoms with van der Waals surface area (Å²) in [6.07, 6.45) is 0. The molecule has 2 aromatic rings. The normalized spacial score (nSPS) is 10.1. The minimum absolute atomic E-state index is 0.147. The molecule has 1 amide bonds. The van der Waals surface area contributed by atoms with Gasteiger partial charge in [0.15, 0.2) is 0 Å². The zero-order chi connectivity index (χ0) is 13.8. The first-order valence-electron chi connectivity index (χ1n) is 5.91. The van der Waals surface area contributed by atoms with Crippen LogP contribution in [0.25, 0.3) is 0 Å². The zero-order valence-corrected chi connectivity index (χ0v) is 11.6. The Bertz CT molecular complexity index is 579. The second-order valence-corrected chi connectivity index (χ2v) is 4.81. The summed E-state index contributed by atoms with van der Waals surface area (Å²) in [5, 5.41) is 3.52. The third kappa shape index (κ3) is 3.26. The fraction of sp³-hybridized carbons (Fsp3) is 0.133. The zero-order valence-electron chi connectivity index (χ0n) is 10.9. The molecule has 0 saturated heterocycles. The van der Waals surface area contributed by atoms with Crippen LogP contribution in [0.1, 0.15) is 10.4 Å². The largest absolute Gasteiger partial charge is 0.376 e. The van der Waals surface area contributed by atoms with Crippen LogP contribution in [0.2, 0.25) is 5.02 Å². The number of hydrogen-bond acceptors (Lipinski definition) is 2. The highest BCUT2D eigenvalue weighted by Crippen LogP contribution is 2.24. The van der Waals surface area contributed by atoms with E-state index in [0.29, 0.717) is 10.6 Å². The van der Waals surface area contributed by atoms with E-state index in [4.69, 9.17) is 11.6 Å². The average molecular weight is 275 g/mol. The number of carbonyl (C=O) groups is 1. The summed E-state index contributed by atoms with van der Waals surface area (Å²) in [4.78, 5) is 14.1. The molecule has 0 atom stereocenters. The van der Waals surface area contributed by atoms with Crippen molar-refractivity contribution in [3.05, 3.63) is 59.1 Å². The van der Waals surface area contributed by atoms with Crippen molar-refractivity contribution in [2.24, 2.45) is 0 Å².